The summed E-state index contributed by atoms with van der Waals surface area (Å²) in [5.74, 6) is 0.0300. The van der Waals surface area contributed by atoms with Crippen LogP contribution in [-0.4, -0.2) is 18.2 Å². The molecule has 1 aromatic carbocycles. The Morgan fingerprint density at radius 2 is 1.89 bits per heavy atom. The Hall–Kier alpha value is -1.35. The number of rotatable bonds is 6. The van der Waals surface area contributed by atoms with Crippen molar-refractivity contribution in [2.45, 2.75) is 38.2 Å². The standard InChI is InChI=1S/C15H20O3/c1-10(18-2)11-3-5-12(6-4-11)14(9-15(16)17)13-7-8-13/h3-6,10,13-14H,7-9H2,1-2H3,(H,16,17). The molecule has 0 bridgehead atoms. The van der Waals surface area contributed by atoms with Crippen molar-refractivity contribution in [2.24, 2.45) is 5.92 Å². The third-order valence-electron chi connectivity index (χ3n) is 3.77. The van der Waals surface area contributed by atoms with Crippen LogP contribution in [0.25, 0.3) is 0 Å². The molecule has 2 unspecified atom stereocenters. The highest BCUT2D eigenvalue weighted by Gasteiger charge is 2.33. The second-order valence-electron chi connectivity index (χ2n) is 5.09. The van der Waals surface area contributed by atoms with Crippen molar-refractivity contribution in [2.75, 3.05) is 7.11 Å². The Balaban J connectivity index is 2.13. The minimum absolute atomic E-state index is 0.0814. The van der Waals surface area contributed by atoms with Crippen molar-refractivity contribution in [3.63, 3.8) is 0 Å². The van der Waals surface area contributed by atoms with Crippen LogP contribution in [0.15, 0.2) is 24.3 Å². The molecule has 0 aromatic heterocycles. The summed E-state index contributed by atoms with van der Waals surface area (Å²) in [6.07, 6.45) is 2.64. The van der Waals surface area contributed by atoms with E-state index in [1.54, 1.807) is 7.11 Å². The number of benzene rings is 1. The highest BCUT2D eigenvalue weighted by Crippen LogP contribution is 2.44. The van der Waals surface area contributed by atoms with Crippen molar-refractivity contribution < 1.29 is 14.6 Å². The molecule has 2 rings (SSSR count). The molecule has 98 valence electrons. The van der Waals surface area contributed by atoms with Gasteiger partial charge in [0.25, 0.3) is 0 Å². The molecule has 0 radical (unpaired) electrons. The van der Waals surface area contributed by atoms with Crippen LogP contribution in [-0.2, 0) is 9.53 Å². The van der Waals surface area contributed by atoms with Gasteiger partial charge in [0.2, 0.25) is 0 Å². The summed E-state index contributed by atoms with van der Waals surface area (Å²) in [6.45, 7) is 2.00. The molecule has 0 saturated heterocycles. The van der Waals surface area contributed by atoms with E-state index >= 15 is 0 Å². The second-order valence-corrected chi connectivity index (χ2v) is 5.09. The van der Waals surface area contributed by atoms with E-state index in [1.165, 1.54) is 0 Å². The Morgan fingerprint density at radius 1 is 1.33 bits per heavy atom. The van der Waals surface area contributed by atoms with E-state index < -0.39 is 5.97 Å². The lowest BCUT2D eigenvalue weighted by Crippen LogP contribution is -2.08. The van der Waals surface area contributed by atoms with E-state index in [1.807, 2.05) is 19.1 Å². The molecular weight excluding hydrogens is 228 g/mol. The lowest BCUT2D eigenvalue weighted by Gasteiger charge is -2.16. The average molecular weight is 248 g/mol. The summed E-state index contributed by atoms with van der Waals surface area (Å²) in [6, 6.07) is 8.19. The summed E-state index contributed by atoms with van der Waals surface area (Å²) in [7, 11) is 1.69. The van der Waals surface area contributed by atoms with Crippen molar-refractivity contribution in [1.82, 2.24) is 0 Å². The van der Waals surface area contributed by atoms with Crippen LogP contribution >= 0.6 is 0 Å². The highest BCUT2D eigenvalue weighted by atomic mass is 16.5. The first-order chi connectivity index (χ1) is 8.61. The van der Waals surface area contributed by atoms with E-state index in [0.717, 1.165) is 24.0 Å². The predicted molar refractivity (Wildman–Crippen MR) is 69.6 cm³/mol. The smallest absolute Gasteiger partial charge is 0.303 e. The summed E-state index contributed by atoms with van der Waals surface area (Å²) in [5, 5.41) is 8.98. The number of hydrogen-bond acceptors (Lipinski definition) is 2. The molecule has 0 heterocycles. The second kappa shape index (κ2) is 5.53. The van der Waals surface area contributed by atoms with Gasteiger partial charge in [0.15, 0.2) is 0 Å². The fraction of sp³-hybridized carbons (Fsp3) is 0.533. The lowest BCUT2D eigenvalue weighted by atomic mass is 9.90. The number of methoxy groups -OCH3 is 1. The Bertz CT molecular complexity index is 406. The zero-order valence-electron chi connectivity index (χ0n) is 10.9. The van der Waals surface area contributed by atoms with Gasteiger partial charge in [-0.2, -0.15) is 0 Å². The number of aliphatic carboxylic acids is 1. The molecule has 1 saturated carbocycles. The molecule has 2 atom stereocenters. The quantitative estimate of drug-likeness (QED) is 0.839. The van der Waals surface area contributed by atoms with Crippen LogP contribution in [0.3, 0.4) is 0 Å². The van der Waals surface area contributed by atoms with Crippen LogP contribution in [0.4, 0.5) is 0 Å². The molecule has 1 fully saturated rings. The monoisotopic (exact) mass is 248 g/mol. The van der Waals surface area contributed by atoms with Crippen molar-refractivity contribution in [1.29, 1.82) is 0 Å². The maximum Gasteiger partial charge on any atom is 0.303 e. The number of carboxylic acids is 1. The molecule has 18 heavy (non-hydrogen) atoms. The largest absolute Gasteiger partial charge is 0.481 e. The van der Waals surface area contributed by atoms with Crippen LogP contribution in [0.5, 0.6) is 0 Å². The minimum Gasteiger partial charge on any atom is -0.481 e. The minimum atomic E-state index is -0.707. The molecule has 1 aliphatic rings. The van der Waals surface area contributed by atoms with Gasteiger partial charge in [0, 0.05) is 7.11 Å². The fourth-order valence-electron chi connectivity index (χ4n) is 2.39. The van der Waals surface area contributed by atoms with Gasteiger partial charge < -0.3 is 9.84 Å². The van der Waals surface area contributed by atoms with Crippen LogP contribution < -0.4 is 0 Å². The van der Waals surface area contributed by atoms with Gasteiger partial charge in [-0.1, -0.05) is 24.3 Å². The SMILES string of the molecule is COC(C)c1ccc(C(CC(=O)O)C2CC2)cc1. The van der Waals surface area contributed by atoms with Crippen LogP contribution in [0.1, 0.15) is 49.3 Å². The lowest BCUT2D eigenvalue weighted by molar-refractivity contribution is -0.137. The van der Waals surface area contributed by atoms with Crippen molar-refractivity contribution in [3.05, 3.63) is 35.4 Å². The van der Waals surface area contributed by atoms with E-state index in [2.05, 4.69) is 12.1 Å². The molecule has 0 spiro atoms. The van der Waals surface area contributed by atoms with Gasteiger partial charge in [-0.05, 0) is 42.7 Å². The number of carboxylic acid groups (broad SMARTS) is 1. The number of ether oxygens (including phenoxy) is 1. The summed E-state index contributed by atoms with van der Waals surface area (Å²) in [4.78, 5) is 10.9. The number of carbonyl (C=O) groups is 1. The maximum absolute atomic E-state index is 10.9. The van der Waals surface area contributed by atoms with Crippen LogP contribution in [0, 0.1) is 5.92 Å². The molecule has 0 amide bonds. The molecule has 3 heteroatoms. The number of hydrogen-bond donors (Lipinski definition) is 1. The topological polar surface area (TPSA) is 46.5 Å². The predicted octanol–water partition coefficient (Wildman–Crippen LogP) is 3.36. The average Bonchev–Trinajstić information content (AvgIpc) is 3.19. The van der Waals surface area contributed by atoms with Crippen molar-refractivity contribution >= 4 is 5.97 Å². The first kappa shape index (κ1) is 13.1. The van der Waals surface area contributed by atoms with Gasteiger partial charge in [-0.3, -0.25) is 4.79 Å². The van der Waals surface area contributed by atoms with Crippen LogP contribution in [0.2, 0.25) is 0 Å². The van der Waals surface area contributed by atoms with E-state index in [4.69, 9.17) is 9.84 Å². The molecule has 1 aliphatic carbocycles. The van der Waals surface area contributed by atoms with Gasteiger partial charge >= 0.3 is 5.97 Å². The summed E-state index contributed by atoms with van der Waals surface area (Å²) in [5.41, 5.74) is 2.28. The molecule has 1 N–H and O–H groups in total. The zero-order valence-corrected chi connectivity index (χ0v) is 10.9. The maximum atomic E-state index is 10.9. The highest BCUT2D eigenvalue weighted by molar-refractivity contribution is 5.68. The third kappa shape index (κ3) is 3.10. The first-order valence-electron chi connectivity index (χ1n) is 6.46. The van der Waals surface area contributed by atoms with Gasteiger partial charge in [0.1, 0.15) is 0 Å². The summed E-state index contributed by atoms with van der Waals surface area (Å²) < 4.78 is 5.27. The van der Waals surface area contributed by atoms with Gasteiger partial charge in [-0.25, -0.2) is 0 Å². The molecule has 1 aromatic rings. The van der Waals surface area contributed by atoms with Gasteiger partial charge in [-0.15, -0.1) is 0 Å². The van der Waals surface area contributed by atoms with E-state index in [-0.39, 0.29) is 18.4 Å². The Kier molecular flexibility index (Phi) is 4.02. The van der Waals surface area contributed by atoms with Crippen molar-refractivity contribution in [3.8, 4) is 0 Å². The zero-order chi connectivity index (χ0) is 13.1. The van der Waals surface area contributed by atoms with E-state index in [9.17, 15) is 4.79 Å². The summed E-state index contributed by atoms with van der Waals surface area (Å²) >= 11 is 0. The molecule has 3 nitrogen and oxygen atoms in total. The van der Waals surface area contributed by atoms with E-state index in [0.29, 0.717) is 5.92 Å². The first-order valence-corrected chi connectivity index (χ1v) is 6.46. The van der Waals surface area contributed by atoms with Gasteiger partial charge in [0.05, 0.1) is 12.5 Å². The third-order valence-corrected chi connectivity index (χ3v) is 3.77. The molecule has 0 aliphatic heterocycles. The Morgan fingerprint density at radius 3 is 2.33 bits per heavy atom. The normalized spacial score (nSPS) is 18.3. The Labute approximate surface area is 108 Å². The molecular formula is C15H20O3. The fourth-order valence-corrected chi connectivity index (χ4v) is 2.39.